The van der Waals surface area contributed by atoms with E-state index in [9.17, 15) is 8.78 Å². The molecule has 2 rings (SSSR count). The number of aryl methyl sites for hydroxylation is 1. The third-order valence-electron chi connectivity index (χ3n) is 2.76. The highest BCUT2D eigenvalue weighted by molar-refractivity contribution is 5.26. The molecule has 0 amide bonds. The molecule has 3 nitrogen and oxygen atoms in total. The summed E-state index contributed by atoms with van der Waals surface area (Å²) in [6, 6.07) is 3.52. The minimum atomic E-state index is -0.587. The van der Waals surface area contributed by atoms with E-state index in [0.29, 0.717) is 29.9 Å². The Hall–Kier alpha value is -1.75. The molecular formula is C13H14F2N2O. The quantitative estimate of drug-likeness (QED) is 0.875. The Morgan fingerprint density at radius 3 is 2.78 bits per heavy atom. The summed E-state index contributed by atoms with van der Waals surface area (Å²) >= 11 is 0. The Kier molecular flexibility index (Phi) is 3.72. The molecule has 1 heterocycles. The first-order valence-corrected chi connectivity index (χ1v) is 5.69. The van der Waals surface area contributed by atoms with Crippen LogP contribution in [0.15, 0.2) is 18.2 Å². The Morgan fingerprint density at radius 1 is 1.33 bits per heavy atom. The largest absolute Gasteiger partial charge is 0.396 e. The number of hydrogen-bond acceptors (Lipinski definition) is 2. The Labute approximate surface area is 104 Å². The third-order valence-corrected chi connectivity index (χ3v) is 2.76. The van der Waals surface area contributed by atoms with E-state index in [1.165, 1.54) is 12.1 Å². The normalized spacial score (nSPS) is 10.9. The molecule has 0 aliphatic carbocycles. The van der Waals surface area contributed by atoms with Crippen molar-refractivity contribution in [1.82, 2.24) is 9.97 Å². The van der Waals surface area contributed by atoms with Gasteiger partial charge in [0.1, 0.15) is 17.5 Å². The van der Waals surface area contributed by atoms with E-state index in [-0.39, 0.29) is 6.61 Å². The molecular weight excluding hydrogens is 238 g/mol. The van der Waals surface area contributed by atoms with Gasteiger partial charge in [0.15, 0.2) is 0 Å². The van der Waals surface area contributed by atoms with Crippen LogP contribution in [0.2, 0.25) is 0 Å². The lowest BCUT2D eigenvalue weighted by Crippen LogP contribution is -1.96. The van der Waals surface area contributed by atoms with Crippen molar-refractivity contribution >= 4 is 0 Å². The third kappa shape index (κ3) is 2.73. The van der Waals surface area contributed by atoms with Crippen LogP contribution in [0.1, 0.15) is 22.8 Å². The molecule has 2 N–H and O–H groups in total. The standard InChI is InChI=1S/C13H14F2N2O/c1-8-12(17-13(16-8)4-5-18)6-9-2-3-10(14)7-11(9)15/h2-3,7,18H,4-6H2,1H3,(H,16,17). The number of aromatic amines is 1. The molecule has 2 aromatic rings. The second kappa shape index (κ2) is 5.27. The number of aliphatic hydroxyl groups is 1. The molecule has 5 heteroatoms. The topological polar surface area (TPSA) is 48.9 Å². The number of nitrogens with one attached hydrogen (secondary N) is 1. The van der Waals surface area contributed by atoms with Gasteiger partial charge in [0.2, 0.25) is 0 Å². The molecule has 0 bridgehead atoms. The predicted molar refractivity (Wildman–Crippen MR) is 63.3 cm³/mol. The first kappa shape index (κ1) is 12.7. The number of benzene rings is 1. The van der Waals surface area contributed by atoms with Gasteiger partial charge in [0.05, 0.1) is 12.3 Å². The minimum Gasteiger partial charge on any atom is -0.396 e. The van der Waals surface area contributed by atoms with Crippen molar-refractivity contribution in [3.05, 3.63) is 52.6 Å². The second-order valence-electron chi connectivity index (χ2n) is 4.14. The molecule has 0 aliphatic heterocycles. The second-order valence-corrected chi connectivity index (χ2v) is 4.14. The first-order chi connectivity index (χ1) is 8.60. The fourth-order valence-corrected chi connectivity index (χ4v) is 1.81. The van der Waals surface area contributed by atoms with E-state index in [4.69, 9.17) is 5.11 Å². The van der Waals surface area contributed by atoms with Crippen molar-refractivity contribution in [3.63, 3.8) is 0 Å². The summed E-state index contributed by atoms with van der Waals surface area (Å²) in [6.07, 6.45) is 0.743. The van der Waals surface area contributed by atoms with Crippen molar-refractivity contribution in [3.8, 4) is 0 Å². The van der Waals surface area contributed by atoms with Crippen molar-refractivity contribution in [2.75, 3.05) is 6.61 Å². The molecule has 1 aromatic carbocycles. The van der Waals surface area contributed by atoms with Crippen LogP contribution in [0.4, 0.5) is 8.78 Å². The number of aliphatic hydroxyl groups excluding tert-OH is 1. The average Bonchev–Trinajstić information content (AvgIpc) is 2.64. The molecule has 0 saturated carbocycles. The summed E-state index contributed by atoms with van der Waals surface area (Å²) < 4.78 is 26.3. The lowest BCUT2D eigenvalue weighted by Gasteiger charge is -2.01. The van der Waals surface area contributed by atoms with Gasteiger partial charge in [0, 0.05) is 24.6 Å². The van der Waals surface area contributed by atoms with Crippen molar-refractivity contribution in [1.29, 1.82) is 0 Å². The van der Waals surface area contributed by atoms with Gasteiger partial charge < -0.3 is 10.1 Å². The van der Waals surface area contributed by atoms with E-state index in [1.807, 2.05) is 6.92 Å². The van der Waals surface area contributed by atoms with Crippen LogP contribution in [0.5, 0.6) is 0 Å². The summed E-state index contributed by atoms with van der Waals surface area (Å²) in [5.41, 5.74) is 1.95. The van der Waals surface area contributed by atoms with Crippen molar-refractivity contribution in [2.24, 2.45) is 0 Å². The van der Waals surface area contributed by atoms with Gasteiger partial charge in [-0.25, -0.2) is 13.8 Å². The maximum Gasteiger partial charge on any atom is 0.129 e. The molecule has 0 aliphatic rings. The smallest absolute Gasteiger partial charge is 0.129 e. The van der Waals surface area contributed by atoms with Crippen molar-refractivity contribution in [2.45, 2.75) is 19.8 Å². The molecule has 0 radical (unpaired) electrons. The van der Waals surface area contributed by atoms with Gasteiger partial charge in [0.25, 0.3) is 0 Å². The van der Waals surface area contributed by atoms with Gasteiger partial charge >= 0.3 is 0 Å². The Morgan fingerprint density at radius 2 is 2.11 bits per heavy atom. The van der Waals surface area contributed by atoms with Crippen LogP contribution in [-0.2, 0) is 12.8 Å². The zero-order chi connectivity index (χ0) is 13.1. The highest BCUT2D eigenvalue weighted by Crippen LogP contribution is 2.16. The molecule has 0 unspecified atom stereocenters. The fraction of sp³-hybridized carbons (Fsp3) is 0.308. The zero-order valence-electron chi connectivity index (χ0n) is 10.0. The molecule has 0 fully saturated rings. The van der Waals surface area contributed by atoms with Crippen LogP contribution in [0.3, 0.4) is 0 Å². The predicted octanol–water partition coefficient (Wildman–Crippen LogP) is 2.12. The maximum atomic E-state index is 13.5. The van der Waals surface area contributed by atoms with Crippen LogP contribution >= 0.6 is 0 Å². The molecule has 0 atom stereocenters. The molecule has 18 heavy (non-hydrogen) atoms. The lowest BCUT2D eigenvalue weighted by molar-refractivity contribution is 0.297. The average molecular weight is 252 g/mol. The lowest BCUT2D eigenvalue weighted by atomic mass is 10.1. The van der Waals surface area contributed by atoms with E-state index >= 15 is 0 Å². The van der Waals surface area contributed by atoms with E-state index in [2.05, 4.69) is 9.97 Å². The number of imidazole rings is 1. The van der Waals surface area contributed by atoms with E-state index < -0.39 is 11.6 Å². The number of aromatic nitrogens is 2. The van der Waals surface area contributed by atoms with Crippen LogP contribution in [0, 0.1) is 18.6 Å². The first-order valence-electron chi connectivity index (χ1n) is 5.69. The highest BCUT2D eigenvalue weighted by Gasteiger charge is 2.10. The summed E-state index contributed by atoms with van der Waals surface area (Å²) in [5, 5.41) is 8.82. The number of H-pyrrole nitrogens is 1. The van der Waals surface area contributed by atoms with Gasteiger partial charge in [-0.1, -0.05) is 6.07 Å². The molecule has 96 valence electrons. The SMILES string of the molecule is Cc1[nH]c(CCO)nc1Cc1ccc(F)cc1F. The number of nitrogens with zero attached hydrogens (tertiary/aromatic N) is 1. The van der Waals surface area contributed by atoms with E-state index in [0.717, 1.165) is 11.8 Å². The van der Waals surface area contributed by atoms with Gasteiger partial charge in [-0.15, -0.1) is 0 Å². The van der Waals surface area contributed by atoms with Crippen LogP contribution in [-0.4, -0.2) is 21.7 Å². The minimum absolute atomic E-state index is 0.0112. The highest BCUT2D eigenvalue weighted by atomic mass is 19.1. The summed E-state index contributed by atoms with van der Waals surface area (Å²) in [5.74, 6) is -0.482. The van der Waals surface area contributed by atoms with Gasteiger partial charge in [-0.3, -0.25) is 0 Å². The van der Waals surface area contributed by atoms with Crippen LogP contribution in [0.25, 0.3) is 0 Å². The monoisotopic (exact) mass is 252 g/mol. The van der Waals surface area contributed by atoms with Crippen molar-refractivity contribution < 1.29 is 13.9 Å². The van der Waals surface area contributed by atoms with Crippen LogP contribution < -0.4 is 0 Å². The van der Waals surface area contributed by atoms with Gasteiger partial charge in [-0.2, -0.15) is 0 Å². The fourth-order valence-electron chi connectivity index (χ4n) is 1.81. The number of rotatable bonds is 4. The summed E-state index contributed by atoms with van der Waals surface area (Å²) in [6.45, 7) is 1.85. The Balaban J connectivity index is 2.22. The molecule has 0 spiro atoms. The number of hydrogen-bond donors (Lipinski definition) is 2. The molecule has 1 aromatic heterocycles. The summed E-state index contributed by atoms with van der Waals surface area (Å²) in [4.78, 5) is 7.31. The molecule has 0 saturated heterocycles. The van der Waals surface area contributed by atoms with E-state index in [1.54, 1.807) is 0 Å². The number of halogens is 2. The zero-order valence-corrected chi connectivity index (χ0v) is 10.0. The van der Waals surface area contributed by atoms with Gasteiger partial charge in [-0.05, 0) is 18.6 Å². The maximum absolute atomic E-state index is 13.5. The Bertz CT molecular complexity index is 552. The summed E-state index contributed by atoms with van der Waals surface area (Å²) in [7, 11) is 0.